The minimum atomic E-state index is -0.334. The number of amides is 1. The molecule has 1 N–H and O–H groups in total. The van der Waals surface area contributed by atoms with Crippen LogP contribution >= 0.6 is 11.3 Å². The number of ether oxygens (including phenoxy) is 1. The second-order valence-electron chi connectivity index (χ2n) is 8.18. The average molecular weight is 362 g/mol. The Morgan fingerprint density at radius 1 is 1.16 bits per heavy atom. The second kappa shape index (κ2) is 6.42. The molecule has 4 fully saturated rings. The van der Waals surface area contributed by atoms with Gasteiger partial charge in [0.2, 0.25) is 5.91 Å². The van der Waals surface area contributed by atoms with Crippen molar-refractivity contribution in [1.82, 2.24) is 0 Å². The third kappa shape index (κ3) is 3.01. The molecule has 5 heteroatoms. The van der Waals surface area contributed by atoms with Gasteiger partial charge in [0.1, 0.15) is 5.00 Å². The Morgan fingerprint density at radius 2 is 1.76 bits per heavy atom. The summed E-state index contributed by atoms with van der Waals surface area (Å²) in [5, 5.41) is 3.82. The van der Waals surface area contributed by atoms with Gasteiger partial charge in [0, 0.05) is 4.88 Å². The van der Waals surface area contributed by atoms with Crippen LogP contribution in [0.1, 0.15) is 67.6 Å². The van der Waals surface area contributed by atoms with Gasteiger partial charge in [-0.15, -0.1) is 11.3 Å². The number of thiophene rings is 1. The fourth-order valence-corrected chi connectivity index (χ4v) is 6.67. The molecule has 136 valence electrons. The molecule has 5 rings (SSSR count). The molecule has 4 saturated carbocycles. The van der Waals surface area contributed by atoms with E-state index < -0.39 is 0 Å². The minimum absolute atomic E-state index is 0.140. The summed E-state index contributed by atoms with van der Waals surface area (Å²) in [4.78, 5) is 26.6. The summed E-state index contributed by atoms with van der Waals surface area (Å²) in [6.07, 6.45) is 7.91. The number of hydrogen-bond donors (Lipinski definition) is 1. The van der Waals surface area contributed by atoms with Gasteiger partial charge in [-0.3, -0.25) is 4.79 Å². The van der Waals surface area contributed by atoms with E-state index in [1.165, 1.54) is 30.6 Å². The Hall–Kier alpha value is -1.36. The maximum Gasteiger partial charge on any atom is 0.341 e. The largest absolute Gasteiger partial charge is 0.462 e. The van der Waals surface area contributed by atoms with Crippen LogP contribution in [0.15, 0.2) is 6.07 Å². The highest BCUT2D eigenvalue weighted by Gasteiger charge is 2.54. The number of esters is 1. The van der Waals surface area contributed by atoms with Crippen LogP contribution < -0.4 is 5.32 Å². The molecule has 1 heterocycles. The lowest BCUT2D eigenvalue weighted by atomic mass is 9.49. The molecule has 4 aliphatic carbocycles. The Morgan fingerprint density at radius 3 is 2.28 bits per heavy atom. The van der Waals surface area contributed by atoms with Crippen molar-refractivity contribution >= 4 is 28.2 Å². The van der Waals surface area contributed by atoms with Crippen molar-refractivity contribution in [3.05, 3.63) is 16.5 Å². The molecule has 1 amide bonds. The predicted octanol–water partition coefficient (Wildman–Crippen LogP) is 4.64. The van der Waals surface area contributed by atoms with E-state index in [4.69, 9.17) is 4.74 Å². The zero-order valence-corrected chi connectivity index (χ0v) is 15.9. The van der Waals surface area contributed by atoms with Gasteiger partial charge in [-0.2, -0.15) is 0 Å². The summed E-state index contributed by atoms with van der Waals surface area (Å²) in [5.41, 5.74) is 0.318. The second-order valence-corrected chi connectivity index (χ2v) is 9.32. The van der Waals surface area contributed by atoms with Gasteiger partial charge in [-0.1, -0.05) is 6.92 Å². The van der Waals surface area contributed by atoms with Crippen LogP contribution in [-0.4, -0.2) is 18.5 Å². The number of aryl methyl sites for hydroxylation is 1. The van der Waals surface area contributed by atoms with Crippen LogP contribution in [0.3, 0.4) is 0 Å². The van der Waals surface area contributed by atoms with Crippen LogP contribution in [0.2, 0.25) is 0 Å². The number of nitrogens with one attached hydrogen (secondary N) is 1. The van der Waals surface area contributed by atoms with Crippen molar-refractivity contribution < 1.29 is 14.3 Å². The van der Waals surface area contributed by atoms with Crippen LogP contribution in [0.25, 0.3) is 0 Å². The Kier molecular flexibility index (Phi) is 4.38. The highest BCUT2D eigenvalue weighted by molar-refractivity contribution is 7.16. The van der Waals surface area contributed by atoms with Gasteiger partial charge in [-0.25, -0.2) is 4.79 Å². The van der Waals surface area contributed by atoms with E-state index in [2.05, 4.69) is 12.2 Å². The summed E-state index contributed by atoms with van der Waals surface area (Å²) in [7, 11) is 0. The lowest BCUT2D eigenvalue weighted by molar-refractivity contribution is -0.140. The molecule has 0 saturated heterocycles. The first-order valence-electron chi connectivity index (χ1n) is 9.64. The Bertz CT molecular complexity index is 658. The lowest BCUT2D eigenvalue weighted by Crippen LogP contribution is -2.51. The zero-order valence-electron chi connectivity index (χ0n) is 15.1. The summed E-state index contributed by atoms with van der Waals surface area (Å²) in [6, 6.07) is 1.87. The van der Waals surface area contributed by atoms with E-state index in [0.29, 0.717) is 17.2 Å². The predicted molar refractivity (Wildman–Crippen MR) is 98.9 cm³/mol. The van der Waals surface area contributed by atoms with Crippen molar-refractivity contribution in [1.29, 1.82) is 0 Å². The minimum Gasteiger partial charge on any atom is -0.462 e. The van der Waals surface area contributed by atoms with Crippen molar-refractivity contribution in [2.24, 2.45) is 23.2 Å². The molecule has 1 aromatic rings. The lowest BCUT2D eigenvalue weighted by Gasteiger charge is -2.55. The van der Waals surface area contributed by atoms with Crippen molar-refractivity contribution in [3.8, 4) is 0 Å². The van der Waals surface area contributed by atoms with Gasteiger partial charge >= 0.3 is 5.97 Å². The number of carbonyl (C=O) groups excluding carboxylic acids is 2. The normalized spacial score (nSPS) is 32.6. The maximum atomic E-state index is 13.2. The topological polar surface area (TPSA) is 55.4 Å². The standard InChI is InChI=1S/C20H27NO3S/c1-3-15-8-16(18(22)24-4-2)17(25-15)21-19(23)20-9-12-5-13(10-20)7-14(6-12)11-20/h8,12-14H,3-7,9-11H2,1-2H3,(H,21,23). The quantitative estimate of drug-likeness (QED) is 0.777. The van der Waals surface area contributed by atoms with Gasteiger partial charge in [-0.05, 0) is 75.7 Å². The van der Waals surface area contributed by atoms with Crippen molar-refractivity contribution in [2.45, 2.75) is 58.8 Å². The Labute approximate surface area is 153 Å². The molecule has 4 nitrogen and oxygen atoms in total. The molecular formula is C20H27NO3S. The van der Waals surface area contributed by atoms with Gasteiger partial charge in [0.25, 0.3) is 0 Å². The third-order valence-corrected chi connectivity index (χ3v) is 7.57. The monoisotopic (exact) mass is 361 g/mol. The van der Waals surface area contributed by atoms with E-state index in [1.807, 2.05) is 6.07 Å². The summed E-state index contributed by atoms with van der Waals surface area (Å²) < 4.78 is 5.17. The SMILES string of the molecule is CCOC(=O)c1cc(CC)sc1NC(=O)C12CC3CC(CC(C3)C1)C2. The number of anilines is 1. The molecule has 0 unspecified atom stereocenters. The molecule has 0 spiro atoms. The highest BCUT2D eigenvalue weighted by atomic mass is 32.1. The Balaban J connectivity index is 1.57. The van der Waals surface area contributed by atoms with E-state index in [9.17, 15) is 9.59 Å². The van der Waals surface area contributed by atoms with Crippen LogP contribution in [0.5, 0.6) is 0 Å². The molecule has 4 bridgehead atoms. The van der Waals surface area contributed by atoms with Crippen LogP contribution in [0.4, 0.5) is 5.00 Å². The fourth-order valence-electron chi connectivity index (χ4n) is 5.69. The maximum absolute atomic E-state index is 13.2. The molecular weight excluding hydrogens is 334 g/mol. The summed E-state index contributed by atoms with van der Waals surface area (Å²) in [6.45, 7) is 4.21. The van der Waals surface area contributed by atoms with E-state index >= 15 is 0 Å². The summed E-state index contributed by atoms with van der Waals surface area (Å²) in [5.74, 6) is 2.00. The van der Waals surface area contributed by atoms with Crippen LogP contribution in [0, 0.1) is 23.2 Å². The van der Waals surface area contributed by atoms with Gasteiger partial charge in [0.05, 0.1) is 17.6 Å². The fraction of sp³-hybridized carbons (Fsp3) is 0.700. The highest BCUT2D eigenvalue weighted by Crippen LogP contribution is 2.60. The number of hydrogen-bond acceptors (Lipinski definition) is 4. The molecule has 0 aliphatic heterocycles. The molecule has 0 radical (unpaired) electrons. The zero-order chi connectivity index (χ0) is 17.6. The van der Waals surface area contributed by atoms with Gasteiger partial charge in [0.15, 0.2) is 0 Å². The molecule has 25 heavy (non-hydrogen) atoms. The smallest absolute Gasteiger partial charge is 0.341 e. The molecule has 4 aliphatic rings. The average Bonchev–Trinajstić information content (AvgIpc) is 2.97. The third-order valence-electron chi connectivity index (χ3n) is 6.37. The van der Waals surface area contributed by atoms with Gasteiger partial charge < -0.3 is 10.1 Å². The van der Waals surface area contributed by atoms with Crippen LogP contribution in [-0.2, 0) is 16.0 Å². The number of carbonyl (C=O) groups is 2. The molecule has 1 aromatic heterocycles. The first-order valence-corrected chi connectivity index (χ1v) is 10.5. The van der Waals surface area contributed by atoms with Crippen molar-refractivity contribution in [3.63, 3.8) is 0 Å². The van der Waals surface area contributed by atoms with E-state index in [0.717, 1.165) is 48.3 Å². The van der Waals surface area contributed by atoms with E-state index in [-0.39, 0.29) is 17.3 Å². The van der Waals surface area contributed by atoms with Crippen molar-refractivity contribution in [2.75, 3.05) is 11.9 Å². The molecule has 0 aromatic carbocycles. The summed E-state index contributed by atoms with van der Waals surface area (Å²) >= 11 is 1.51. The number of rotatable bonds is 5. The first kappa shape index (κ1) is 17.1. The first-order chi connectivity index (χ1) is 12.0. The van der Waals surface area contributed by atoms with E-state index in [1.54, 1.807) is 6.92 Å². The molecule has 0 atom stereocenters.